The van der Waals surface area contributed by atoms with Gasteiger partial charge in [0, 0.05) is 0 Å². The Labute approximate surface area is 130 Å². The third-order valence-corrected chi connectivity index (χ3v) is 4.04. The van der Waals surface area contributed by atoms with Gasteiger partial charge in [0.2, 0.25) is 0 Å². The summed E-state index contributed by atoms with van der Waals surface area (Å²) in [5.74, 6) is 0. The van der Waals surface area contributed by atoms with Crippen LogP contribution in [0.25, 0.3) is 0 Å². The highest BCUT2D eigenvalue weighted by atomic mass is 16.7. The molecule has 1 saturated heterocycles. The molecule has 3 heteroatoms. The molecule has 4 unspecified atom stereocenters. The topological polar surface area (TPSA) is 27.7 Å². The van der Waals surface area contributed by atoms with Gasteiger partial charge in [-0.25, -0.2) is 0 Å². The third kappa shape index (κ3) is 2.71. The maximum Gasteiger partial charge on any atom is 0.189 e. The first-order valence-corrected chi connectivity index (χ1v) is 7.60. The largest absolute Gasteiger partial charge is 0.364 e. The number of fused-ring (bicyclic) bond motifs is 2. The Morgan fingerprint density at radius 3 is 2.32 bits per heavy atom. The van der Waals surface area contributed by atoms with Gasteiger partial charge in [-0.1, -0.05) is 72.8 Å². The van der Waals surface area contributed by atoms with Gasteiger partial charge in [-0.05, 0) is 11.1 Å². The van der Waals surface area contributed by atoms with E-state index >= 15 is 0 Å². The molecule has 112 valence electrons. The van der Waals surface area contributed by atoms with Gasteiger partial charge in [0.1, 0.15) is 18.3 Å². The van der Waals surface area contributed by atoms with Crippen LogP contribution in [0.2, 0.25) is 0 Å². The second-order valence-corrected chi connectivity index (χ2v) is 5.58. The van der Waals surface area contributed by atoms with Gasteiger partial charge in [-0.15, -0.1) is 0 Å². The van der Waals surface area contributed by atoms with Crippen molar-refractivity contribution in [2.24, 2.45) is 0 Å². The van der Waals surface area contributed by atoms with E-state index in [-0.39, 0.29) is 24.6 Å². The second-order valence-electron chi connectivity index (χ2n) is 5.58. The van der Waals surface area contributed by atoms with E-state index in [4.69, 9.17) is 14.2 Å². The highest BCUT2D eigenvalue weighted by Gasteiger charge is 2.42. The summed E-state index contributed by atoms with van der Waals surface area (Å²) in [6, 6.07) is 20.3. The molecule has 4 rings (SSSR count). The quantitative estimate of drug-likeness (QED) is 0.806. The van der Waals surface area contributed by atoms with E-state index in [1.54, 1.807) is 0 Å². The molecule has 0 aliphatic carbocycles. The summed E-state index contributed by atoms with van der Waals surface area (Å²) < 4.78 is 17.9. The average molecular weight is 294 g/mol. The van der Waals surface area contributed by atoms with Crippen LogP contribution in [0.1, 0.15) is 17.2 Å². The molecule has 2 bridgehead atoms. The summed E-state index contributed by atoms with van der Waals surface area (Å²) in [6.07, 6.45) is 3.55. The van der Waals surface area contributed by atoms with Crippen LogP contribution < -0.4 is 0 Å². The fourth-order valence-electron chi connectivity index (χ4n) is 2.90. The fraction of sp³-hybridized carbons (Fsp3) is 0.263. The van der Waals surface area contributed by atoms with Crippen molar-refractivity contribution >= 4 is 0 Å². The minimum atomic E-state index is -0.330. The Hall–Kier alpha value is -1.94. The Bertz CT molecular complexity index is 638. The van der Waals surface area contributed by atoms with Gasteiger partial charge in [-0.2, -0.15) is 0 Å². The van der Waals surface area contributed by atoms with E-state index in [2.05, 4.69) is 36.4 Å². The van der Waals surface area contributed by atoms with Gasteiger partial charge in [0.15, 0.2) is 6.29 Å². The summed E-state index contributed by atoms with van der Waals surface area (Å²) in [7, 11) is 0. The molecule has 2 aliphatic rings. The van der Waals surface area contributed by atoms with E-state index in [1.165, 1.54) is 0 Å². The molecule has 0 amide bonds. The minimum absolute atomic E-state index is 0.0241. The lowest BCUT2D eigenvalue weighted by Crippen LogP contribution is -2.31. The van der Waals surface area contributed by atoms with E-state index in [9.17, 15) is 0 Å². The number of ether oxygens (including phenoxy) is 3. The lowest BCUT2D eigenvalue weighted by atomic mass is 10.0. The summed E-state index contributed by atoms with van der Waals surface area (Å²) in [6.45, 7) is 0.555. The number of hydrogen-bond donors (Lipinski definition) is 0. The molecule has 4 atom stereocenters. The molecule has 0 aromatic heterocycles. The monoisotopic (exact) mass is 294 g/mol. The minimum Gasteiger partial charge on any atom is -0.364 e. The molecule has 2 aromatic rings. The van der Waals surface area contributed by atoms with Crippen molar-refractivity contribution in [1.82, 2.24) is 0 Å². The molecular weight excluding hydrogens is 276 g/mol. The molecule has 0 spiro atoms. The summed E-state index contributed by atoms with van der Waals surface area (Å²) in [4.78, 5) is 0. The molecule has 0 N–H and O–H groups in total. The van der Waals surface area contributed by atoms with Crippen LogP contribution in [0.3, 0.4) is 0 Å². The van der Waals surface area contributed by atoms with Gasteiger partial charge < -0.3 is 14.2 Å². The van der Waals surface area contributed by atoms with Crippen molar-refractivity contribution < 1.29 is 14.2 Å². The second kappa shape index (κ2) is 6.05. The highest BCUT2D eigenvalue weighted by Crippen LogP contribution is 2.38. The molecule has 3 nitrogen and oxygen atoms in total. The van der Waals surface area contributed by atoms with Crippen molar-refractivity contribution in [1.29, 1.82) is 0 Å². The van der Waals surface area contributed by atoms with Crippen LogP contribution in [0.15, 0.2) is 72.8 Å². The fourth-order valence-corrected chi connectivity index (χ4v) is 2.90. The number of rotatable bonds is 4. The molecule has 1 fully saturated rings. The molecular formula is C19H18O3. The van der Waals surface area contributed by atoms with Crippen LogP contribution in [0.4, 0.5) is 0 Å². The predicted octanol–water partition coefficient (Wildman–Crippen LogP) is 3.62. The first-order chi connectivity index (χ1) is 10.9. The SMILES string of the molecule is C1=CC2OC(OC2c2ccccc2)C1OCc1ccccc1. The van der Waals surface area contributed by atoms with E-state index in [0.717, 1.165) is 11.1 Å². The van der Waals surface area contributed by atoms with Crippen LogP contribution in [0, 0.1) is 0 Å². The maximum atomic E-state index is 6.06. The molecule has 22 heavy (non-hydrogen) atoms. The summed E-state index contributed by atoms with van der Waals surface area (Å²) >= 11 is 0. The first-order valence-electron chi connectivity index (χ1n) is 7.60. The van der Waals surface area contributed by atoms with Crippen LogP contribution >= 0.6 is 0 Å². The molecule has 2 heterocycles. The molecule has 0 saturated carbocycles. The maximum absolute atomic E-state index is 6.06. The Morgan fingerprint density at radius 2 is 1.55 bits per heavy atom. The van der Waals surface area contributed by atoms with E-state index in [1.807, 2.05) is 36.4 Å². The summed E-state index contributed by atoms with van der Waals surface area (Å²) in [5.41, 5.74) is 2.29. The van der Waals surface area contributed by atoms with E-state index in [0.29, 0.717) is 6.61 Å². The Balaban J connectivity index is 1.42. The van der Waals surface area contributed by atoms with Crippen LogP contribution in [0.5, 0.6) is 0 Å². The first kappa shape index (κ1) is 13.7. The van der Waals surface area contributed by atoms with Crippen LogP contribution in [-0.4, -0.2) is 18.5 Å². The van der Waals surface area contributed by atoms with Gasteiger partial charge >= 0.3 is 0 Å². The van der Waals surface area contributed by atoms with Gasteiger partial charge in [-0.3, -0.25) is 0 Å². The van der Waals surface area contributed by atoms with Crippen molar-refractivity contribution in [2.45, 2.75) is 31.2 Å². The number of benzene rings is 2. The molecule has 2 aliphatic heterocycles. The van der Waals surface area contributed by atoms with Crippen molar-refractivity contribution in [2.75, 3.05) is 0 Å². The standard InChI is InChI=1S/C19H18O3/c1-3-7-14(8-4-1)13-20-17-12-11-16-18(22-19(17)21-16)15-9-5-2-6-10-15/h1-12,16-19H,13H2. The molecule has 2 aromatic carbocycles. The Kier molecular flexibility index (Phi) is 3.77. The zero-order valence-corrected chi connectivity index (χ0v) is 12.2. The Morgan fingerprint density at radius 1 is 0.818 bits per heavy atom. The van der Waals surface area contributed by atoms with Crippen molar-refractivity contribution in [3.05, 3.63) is 83.9 Å². The zero-order chi connectivity index (χ0) is 14.8. The van der Waals surface area contributed by atoms with Gasteiger partial charge in [0.05, 0.1) is 6.61 Å². The highest BCUT2D eigenvalue weighted by molar-refractivity contribution is 5.23. The summed E-state index contributed by atoms with van der Waals surface area (Å²) in [5, 5.41) is 0. The zero-order valence-electron chi connectivity index (χ0n) is 12.2. The lowest BCUT2D eigenvalue weighted by Gasteiger charge is -2.22. The molecule has 0 radical (unpaired) electrons. The van der Waals surface area contributed by atoms with Crippen LogP contribution in [-0.2, 0) is 20.8 Å². The smallest absolute Gasteiger partial charge is 0.189 e. The van der Waals surface area contributed by atoms with Gasteiger partial charge in [0.25, 0.3) is 0 Å². The lowest BCUT2D eigenvalue weighted by molar-refractivity contribution is -0.146. The van der Waals surface area contributed by atoms with Crippen molar-refractivity contribution in [3.8, 4) is 0 Å². The average Bonchev–Trinajstić information content (AvgIpc) is 2.93. The normalized spacial score (nSPS) is 29.6. The van der Waals surface area contributed by atoms with E-state index < -0.39 is 0 Å². The third-order valence-electron chi connectivity index (χ3n) is 4.04. The van der Waals surface area contributed by atoms with Crippen molar-refractivity contribution in [3.63, 3.8) is 0 Å². The predicted molar refractivity (Wildman–Crippen MR) is 83.1 cm³/mol. The number of hydrogen-bond acceptors (Lipinski definition) is 3.